The number of ether oxygens (including phenoxy) is 1. The number of rotatable bonds is 3. The number of hydrogen-bond acceptors (Lipinski definition) is 3. The lowest BCUT2D eigenvalue weighted by Crippen LogP contribution is -1.96. The summed E-state index contributed by atoms with van der Waals surface area (Å²) in [5, 5.41) is 1.47. The van der Waals surface area contributed by atoms with Crippen molar-refractivity contribution in [2.24, 2.45) is 0 Å². The van der Waals surface area contributed by atoms with Crippen LogP contribution in [0.3, 0.4) is 0 Å². The van der Waals surface area contributed by atoms with Gasteiger partial charge in [-0.15, -0.1) is 0 Å². The molecule has 0 saturated heterocycles. The molecule has 0 spiro atoms. The van der Waals surface area contributed by atoms with Crippen molar-refractivity contribution in [1.29, 1.82) is 0 Å². The number of aldehydes is 1. The number of aryl methyl sites for hydroxylation is 1. The Hall–Kier alpha value is -2.39. The average molecular weight is 298 g/mol. The number of halogens is 1. The van der Waals surface area contributed by atoms with Crippen LogP contribution in [0.2, 0.25) is 5.02 Å². The minimum Gasteiger partial charge on any atom is -0.438 e. The molecule has 0 N–H and O–H groups in total. The molecular formula is C17H12ClNO2. The molecule has 0 unspecified atom stereocenters. The van der Waals surface area contributed by atoms with E-state index in [-0.39, 0.29) is 5.88 Å². The smallest absolute Gasteiger partial charge is 0.230 e. The van der Waals surface area contributed by atoms with Crippen molar-refractivity contribution in [3.8, 4) is 11.6 Å². The summed E-state index contributed by atoms with van der Waals surface area (Å²) in [6, 6.07) is 14.7. The Morgan fingerprint density at radius 3 is 2.76 bits per heavy atom. The van der Waals surface area contributed by atoms with E-state index in [1.165, 1.54) is 0 Å². The number of fused-ring (bicyclic) bond motifs is 1. The van der Waals surface area contributed by atoms with Gasteiger partial charge in [0.25, 0.3) is 0 Å². The van der Waals surface area contributed by atoms with Gasteiger partial charge in [0.1, 0.15) is 5.75 Å². The summed E-state index contributed by atoms with van der Waals surface area (Å²) in [4.78, 5) is 15.7. The molecule has 0 amide bonds. The number of benzene rings is 2. The van der Waals surface area contributed by atoms with E-state index in [9.17, 15) is 4.79 Å². The zero-order chi connectivity index (χ0) is 14.8. The third-order valence-corrected chi connectivity index (χ3v) is 3.44. The molecule has 3 rings (SSSR count). The van der Waals surface area contributed by atoms with Crippen molar-refractivity contribution in [2.45, 2.75) is 6.92 Å². The normalized spacial score (nSPS) is 10.6. The SMILES string of the molecule is Cc1ccc(Cl)cc1Oc1nc2ccccc2cc1C=O. The van der Waals surface area contributed by atoms with Crippen LogP contribution in [0.4, 0.5) is 0 Å². The van der Waals surface area contributed by atoms with Crippen molar-refractivity contribution < 1.29 is 9.53 Å². The Morgan fingerprint density at radius 2 is 1.95 bits per heavy atom. The molecule has 0 fully saturated rings. The number of aromatic nitrogens is 1. The van der Waals surface area contributed by atoms with Crippen molar-refractivity contribution in [2.75, 3.05) is 0 Å². The first-order chi connectivity index (χ1) is 10.2. The van der Waals surface area contributed by atoms with Gasteiger partial charge >= 0.3 is 0 Å². The molecule has 0 aliphatic heterocycles. The molecule has 2 aromatic carbocycles. The quantitative estimate of drug-likeness (QED) is 0.652. The number of hydrogen-bond donors (Lipinski definition) is 0. The molecule has 3 aromatic rings. The topological polar surface area (TPSA) is 39.2 Å². The molecule has 0 bridgehead atoms. The van der Waals surface area contributed by atoms with Gasteiger partial charge in [-0.2, -0.15) is 0 Å². The first-order valence-electron chi connectivity index (χ1n) is 6.46. The highest BCUT2D eigenvalue weighted by molar-refractivity contribution is 6.30. The van der Waals surface area contributed by atoms with E-state index in [2.05, 4.69) is 4.98 Å². The average Bonchev–Trinajstić information content (AvgIpc) is 2.50. The first kappa shape index (κ1) is 13.6. The summed E-state index contributed by atoms with van der Waals surface area (Å²) in [6.07, 6.45) is 0.745. The first-order valence-corrected chi connectivity index (χ1v) is 6.84. The second-order valence-corrected chi connectivity index (χ2v) is 5.14. The van der Waals surface area contributed by atoms with Crippen LogP contribution >= 0.6 is 11.6 Å². The molecule has 4 heteroatoms. The van der Waals surface area contributed by atoms with Crippen molar-refractivity contribution in [3.05, 3.63) is 64.7 Å². The van der Waals surface area contributed by atoms with Crippen LogP contribution in [-0.2, 0) is 0 Å². The van der Waals surface area contributed by atoms with Gasteiger partial charge in [0.2, 0.25) is 5.88 Å². The zero-order valence-electron chi connectivity index (χ0n) is 11.3. The lowest BCUT2D eigenvalue weighted by atomic mass is 10.1. The maximum atomic E-state index is 11.3. The fourth-order valence-electron chi connectivity index (χ4n) is 2.07. The zero-order valence-corrected chi connectivity index (χ0v) is 12.1. The third kappa shape index (κ3) is 2.73. The minimum absolute atomic E-state index is 0.286. The molecule has 0 radical (unpaired) electrons. The molecular weight excluding hydrogens is 286 g/mol. The van der Waals surface area contributed by atoms with Gasteiger partial charge in [-0.1, -0.05) is 35.9 Å². The van der Waals surface area contributed by atoms with Crippen LogP contribution < -0.4 is 4.74 Å². The molecule has 0 atom stereocenters. The van der Waals surface area contributed by atoms with E-state index in [0.717, 1.165) is 22.8 Å². The summed E-state index contributed by atoms with van der Waals surface area (Å²) in [5.74, 6) is 0.877. The predicted octanol–water partition coefficient (Wildman–Crippen LogP) is 4.80. The van der Waals surface area contributed by atoms with Crippen LogP contribution in [0.15, 0.2) is 48.5 Å². The van der Waals surface area contributed by atoms with E-state index >= 15 is 0 Å². The molecule has 0 saturated carbocycles. The van der Waals surface area contributed by atoms with Crippen LogP contribution in [-0.4, -0.2) is 11.3 Å². The second-order valence-electron chi connectivity index (χ2n) is 4.71. The van der Waals surface area contributed by atoms with E-state index < -0.39 is 0 Å². The Kier molecular flexibility index (Phi) is 3.59. The largest absolute Gasteiger partial charge is 0.438 e. The number of para-hydroxylation sites is 1. The fraction of sp³-hybridized carbons (Fsp3) is 0.0588. The number of carbonyl (C=O) groups excluding carboxylic acids is 1. The van der Waals surface area contributed by atoms with Crippen LogP contribution in [0, 0.1) is 6.92 Å². The predicted molar refractivity (Wildman–Crippen MR) is 83.4 cm³/mol. The van der Waals surface area contributed by atoms with Gasteiger partial charge in [0.15, 0.2) is 6.29 Å². The summed E-state index contributed by atoms with van der Waals surface area (Å²) < 4.78 is 5.79. The number of carbonyl (C=O) groups is 1. The molecule has 0 aliphatic carbocycles. The molecule has 104 valence electrons. The van der Waals surface area contributed by atoms with Crippen molar-refractivity contribution >= 4 is 28.8 Å². The fourth-order valence-corrected chi connectivity index (χ4v) is 2.23. The van der Waals surface area contributed by atoms with Gasteiger partial charge in [0.05, 0.1) is 11.1 Å². The van der Waals surface area contributed by atoms with Gasteiger partial charge < -0.3 is 4.74 Å². The highest BCUT2D eigenvalue weighted by atomic mass is 35.5. The highest BCUT2D eigenvalue weighted by Gasteiger charge is 2.10. The van der Waals surface area contributed by atoms with E-state index in [1.807, 2.05) is 37.3 Å². The highest BCUT2D eigenvalue weighted by Crippen LogP contribution is 2.30. The molecule has 1 heterocycles. The summed E-state index contributed by atoms with van der Waals surface area (Å²) in [6.45, 7) is 1.91. The van der Waals surface area contributed by atoms with Gasteiger partial charge in [-0.3, -0.25) is 4.79 Å². The maximum Gasteiger partial charge on any atom is 0.230 e. The van der Waals surface area contributed by atoms with Gasteiger partial charge in [0, 0.05) is 10.4 Å². The lowest BCUT2D eigenvalue weighted by molar-refractivity contribution is 0.112. The standard InChI is InChI=1S/C17H12ClNO2/c1-11-6-7-14(18)9-16(11)21-17-13(10-20)8-12-4-2-3-5-15(12)19-17/h2-10H,1H3. The van der Waals surface area contributed by atoms with Crippen LogP contribution in [0.25, 0.3) is 10.9 Å². The summed E-state index contributed by atoms with van der Waals surface area (Å²) in [7, 11) is 0. The molecule has 21 heavy (non-hydrogen) atoms. The Balaban J connectivity index is 2.10. The number of nitrogens with zero attached hydrogens (tertiary/aromatic N) is 1. The Labute approximate surface area is 127 Å². The number of pyridine rings is 1. The molecule has 0 aliphatic rings. The lowest BCUT2D eigenvalue weighted by Gasteiger charge is -2.11. The molecule has 3 nitrogen and oxygen atoms in total. The van der Waals surface area contributed by atoms with E-state index in [1.54, 1.807) is 18.2 Å². The van der Waals surface area contributed by atoms with Crippen LogP contribution in [0.5, 0.6) is 11.6 Å². The van der Waals surface area contributed by atoms with E-state index in [0.29, 0.717) is 16.3 Å². The molecule has 1 aromatic heterocycles. The maximum absolute atomic E-state index is 11.3. The monoisotopic (exact) mass is 297 g/mol. The van der Waals surface area contributed by atoms with Gasteiger partial charge in [-0.05, 0) is 36.8 Å². The van der Waals surface area contributed by atoms with Crippen LogP contribution in [0.1, 0.15) is 15.9 Å². The Morgan fingerprint density at radius 1 is 1.14 bits per heavy atom. The Bertz CT molecular complexity index is 830. The van der Waals surface area contributed by atoms with Crippen molar-refractivity contribution in [3.63, 3.8) is 0 Å². The van der Waals surface area contributed by atoms with Crippen molar-refractivity contribution in [1.82, 2.24) is 4.98 Å². The summed E-state index contributed by atoms with van der Waals surface area (Å²) in [5.41, 5.74) is 2.11. The van der Waals surface area contributed by atoms with Gasteiger partial charge in [-0.25, -0.2) is 4.98 Å². The third-order valence-electron chi connectivity index (χ3n) is 3.20. The van der Waals surface area contributed by atoms with E-state index in [4.69, 9.17) is 16.3 Å². The summed E-state index contributed by atoms with van der Waals surface area (Å²) >= 11 is 5.98. The minimum atomic E-state index is 0.286. The second kappa shape index (κ2) is 5.54.